The summed E-state index contributed by atoms with van der Waals surface area (Å²) < 4.78 is 5.36. The molecule has 0 aliphatic heterocycles. The molecule has 1 N–H and O–H groups in total. The van der Waals surface area contributed by atoms with E-state index in [1.54, 1.807) is 36.6 Å². The summed E-state index contributed by atoms with van der Waals surface area (Å²) in [5.74, 6) is 0.768. The number of hydrogen-bond acceptors (Lipinski definition) is 4. The summed E-state index contributed by atoms with van der Waals surface area (Å²) >= 11 is 0. The van der Waals surface area contributed by atoms with E-state index in [2.05, 4.69) is 19.2 Å². The van der Waals surface area contributed by atoms with Crippen molar-refractivity contribution in [3.8, 4) is 0 Å². The first-order valence-electron chi connectivity index (χ1n) is 9.35. The van der Waals surface area contributed by atoms with Gasteiger partial charge in [0.15, 0.2) is 5.78 Å². The Kier molecular flexibility index (Phi) is 4.70. The zero-order valence-corrected chi connectivity index (χ0v) is 15.9. The van der Waals surface area contributed by atoms with E-state index in [1.807, 2.05) is 30.3 Å². The normalized spacial score (nSPS) is 13.8. The lowest BCUT2D eigenvalue weighted by Crippen LogP contribution is -2.29. The summed E-state index contributed by atoms with van der Waals surface area (Å²) in [6, 6.07) is 18.4. The smallest absolute Gasteiger partial charge is 0.210 e. The Morgan fingerprint density at radius 2 is 1.54 bits per heavy atom. The van der Waals surface area contributed by atoms with Crippen molar-refractivity contribution >= 4 is 17.1 Å². The quantitative estimate of drug-likeness (QED) is 0.687. The second-order valence-corrected chi connectivity index (χ2v) is 7.16. The highest BCUT2D eigenvalue weighted by atomic mass is 16.3. The summed E-state index contributed by atoms with van der Waals surface area (Å²) in [6.07, 6.45) is 1.58. The van der Waals surface area contributed by atoms with Gasteiger partial charge in [-0.05, 0) is 29.2 Å². The van der Waals surface area contributed by atoms with Crippen molar-refractivity contribution < 1.29 is 14.0 Å². The van der Waals surface area contributed by atoms with Gasteiger partial charge in [0.25, 0.3) is 0 Å². The van der Waals surface area contributed by atoms with E-state index in [0.29, 0.717) is 40.6 Å². The molecule has 0 spiro atoms. The lowest BCUT2D eigenvalue weighted by Gasteiger charge is -2.22. The molecule has 0 saturated heterocycles. The number of carbonyl (C=O) groups is 2. The molecule has 0 radical (unpaired) electrons. The molecule has 1 aliphatic rings. The molecule has 3 aromatic rings. The van der Waals surface area contributed by atoms with Crippen LogP contribution in [-0.4, -0.2) is 11.6 Å². The zero-order valence-electron chi connectivity index (χ0n) is 15.9. The van der Waals surface area contributed by atoms with E-state index in [0.717, 1.165) is 5.56 Å². The molecule has 0 fully saturated rings. The number of nitrogens with one attached hydrogen (secondary N) is 1. The maximum Gasteiger partial charge on any atom is 0.210 e. The van der Waals surface area contributed by atoms with Crippen LogP contribution in [0.1, 0.15) is 57.4 Å². The lowest BCUT2D eigenvalue weighted by atomic mass is 9.83. The molecule has 4 rings (SSSR count). The third-order valence-electron chi connectivity index (χ3n) is 5.01. The highest BCUT2D eigenvalue weighted by Gasteiger charge is 2.32. The number of allylic oxidation sites excluding steroid dienone is 2. The first-order valence-corrected chi connectivity index (χ1v) is 9.35. The van der Waals surface area contributed by atoms with Gasteiger partial charge in [0.2, 0.25) is 5.78 Å². The molecule has 2 aromatic carbocycles. The van der Waals surface area contributed by atoms with E-state index in [4.69, 9.17) is 4.42 Å². The molecular weight excluding hydrogens is 350 g/mol. The van der Waals surface area contributed by atoms with Crippen molar-refractivity contribution in [1.82, 2.24) is 5.32 Å². The molecule has 1 heterocycles. The van der Waals surface area contributed by atoms with Crippen LogP contribution in [0.25, 0.3) is 5.57 Å². The van der Waals surface area contributed by atoms with Gasteiger partial charge in [-0.15, -0.1) is 0 Å². The minimum atomic E-state index is -0.176. The van der Waals surface area contributed by atoms with Gasteiger partial charge in [-0.1, -0.05) is 62.4 Å². The lowest BCUT2D eigenvalue weighted by molar-refractivity contribution is 0.0985. The Labute approximate surface area is 163 Å². The molecule has 1 aliphatic carbocycles. The SMILES string of the molecule is CC(C)c1ccc(C2=C(NCc3ccco3)C(=O)c3ccccc3C2=O)cc1. The number of fused-ring (bicyclic) bond motifs is 1. The highest BCUT2D eigenvalue weighted by molar-refractivity contribution is 6.40. The first-order chi connectivity index (χ1) is 13.6. The maximum absolute atomic E-state index is 13.3. The van der Waals surface area contributed by atoms with Crippen molar-refractivity contribution in [2.75, 3.05) is 0 Å². The standard InChI is InChI=1S/C24H21NO3/c1-15(2)16-9-11-17(12-10-16)21-22(25-14-18-6-5-13-28-18)24(27)20-8-4-3-7-19(20)23(21)26/h3-13,15,25H,14H2,1-2H3. The number of carbonyl (C=O) groups excluding carboxylic acids is 2. The second-order valence-electron chi connectivity index (χ2n) is 7.16. The fourth-order valence-electron chi connectivity index (χ4n) is 3.44. The zero-order chi connectivity index (χ0) is 19.7. The predicted octanol–water partition coefficient (Wildman–Crippen LogP) is 4.98. The fraction of sp³-hybridized carbons (Fsp3) is 0.167. The predicted molar refractivity (Wildman–Crippen MR) is 108 cm³/mol. The van der Waals surface area contributed by atoms with Crippen molar-refractivity contribution in [1.29, 1.82) is 0 Å². The minimum absolute atomic E-state index is 0.144. The number of ketones is 2. The average Bonchev–Trinajstić information content (AvgIpc) is 3.23. The van der Waals surface area contributed by atoms with Gasteiger partial charge in [-0.25, -0.2) is 0 Å². The summed E-state index contributed by atoms with van der Waals surface area (Å²) in [4.78, 5) is 26.5. The van der Waals surface area contributed by atoms with Gasteiger partial charge in [0.1, 0.15) is 5.76 Å². The van der Waals surface area contributed by atoms with Crippen LogP contribution >= 0.6 is 0 Å². The van der Waals surface area contributed by atoms with Crippen LogP contribution in [0.15, 0.2) is 77.0 Å². The topological polar surface area (TPSA) is 59.3 Å². The third-order valence-corrected chi connectivity index (χ3v) is 5.01. The minimum Gasteiger partial charge on any atom is -0.467 e. The van der Waals surface area contributed by atoms with Crippen LogP contribution < -0.4 is 5.32 Å². The van der Waals surface area contributed by atoms with Gasteiger partial charge in [0, 0.05) is 11.1 Å². The van der Waals surface area contributed by atoms with Crippen molar-refractivity contribution in [2.45, 2.75) is 26.3 Å². The highest BCUT2D eigenvalue weighted by Crippen LogP contribution is 2.32. The van der Waals surface area contributed by atoms with E-state index >= 15 is 0 Å². The molecule has 0 unspecified atom stereocenters. The van der Waals surface area contributed by atoms with Crippen molar-refractivity contribution in [2.24, 2.45) is 0 Å². The van der Waals surface area contributed by atoms with Crippen molar-refractivity contribution in [3.05, 3.63) is 101 Å². The number of benzene rings is 2. The monoisotopic (exact) mass is 371 g/mol. The maximum atomic E-state index is 13.3. The molecule has 0 bridgehead atoms. The van der Waals surface area contributed by atoms with E-state index in [1.165, 1.54) is 5.56 Å². The van der Waals surface area contributed by atoms with Gasteiger partial charge in [-0.3, -0.25) is 9.59 Å². The number of hydrogen-bond donors (Lipinski definition) is 1. The average molecular weight is 371 g/mol. The molecule has 4 nitrogen and oxygen atoms in total. The Bertz CT molecular complexity index is 1060. The largest absolute Gasteiger partial charge is 0.467 e. The number of Topliss-reactive ketones (excluding diaryl/α,β-unsaturated/α-hetero) is 2. The van der Waals surface area contributed by atoms with Crippen molar-refractivity contribution in [3.63, 3.8) is 0 Å². The van der Waals surface area contributed by atoms with Gasteiger partial charge < -0.3 is 9.73 Å². The van der Waals surface area contributed by atoms with Gasteiger partial charge >= 0.3 is 0 Å². The van der Waals surface area contributed by atoms with Crippen LogP contribution in [-0.2, 0) is 6.54 Å². The van der Waals surface area contributed by atoms with Crippen LogP contribution in [0, 0.1) is 0 Å². The molecule has 0 atom stereocenters. The Morgan fingerprint density at radius 1 is 0.857 bits per heavy atom. The van der Waals surface area contributed by atoms with Crippen LogP contribution in [0.4, 0.5) is 0 Å². The summed E-state index contributed by atoms with van der Waals surface area (Å²) in [5.41, 5.74) is 3.52. The third kappa shape index (κ3) is 3.18. The molecular formula is C24H21NO3. The Hall–Kier alpha value is -3.40. The fourth-order valence-corrected chi connectivity index (χ4v) is 3.44. The van der Waals surface area contributed by atoms with Crippen LogP contribution in [0.2, 0.25) is 0 Å². The van der Waals surface area contributed by atoms with E-state index < -0.39 is 0 Å². The number of rotatable bonds is 5. The van der Waals surface area contributed by atoms with Crippen LogP contribution in [0.3, 0.4) is 0 Å². The Balaban J connectivity index is 1.81. The van der Waals surface area contributed by atoms with E-state index in [9.17, 15) is 9.59 Å². The van der Waals surface area contributed by atoms with Gasteiger partial charge in [0.05, 0.1) is 24.1 Å². The van der Waals surface area contributed by atoms with Crippen LogP contribution in [0.5, 0.6) is 0 Å². The summed E-state index contributed by atoms with van der Waals surface area (Å²) in [6.45, 7) is 4.57. The Morgan fingerprint density at radius 3 is 2.14 bits per heavy atom. The first kappa shape index (κ1) is 18.0. The van der Waals surface area contributed by atoms with Gasteiger partial charge in [-0.2, -0.15) is 0 Å². The molecule has 0 saturated carbocycles. The summed E-state index contributed by atoms with van der Waals surface area (Å²) in [5, 5.41) is 3.15. The molecule has 4 heteroatoms. The molecule has 1 aromatic heterocycles. The molecule has 140 valence electrons. The molecule has 0 amide bonds. The molecule has 28 heavy (non-hydrogen) atoms. The second kappa shape index (κ2) is 7.31. The number of furan rings is 1. The summed E-state index contributed by atoms with van der Waals surface area (Å²) in [7, 11) is 0. The van der Waals surface area contributed by atoms with E-state index in [-0.39, 0.29) is 11.6 Å².